The Hall–Kier alpha value is -1.28. The first kappa shape index (κ1) is 14.6. The number of hydrogen-bond donors (Lipinski definition) is 1. The molecule has 0 bridgehead atoms. The smallest absolute Gasteiger partial charge is 0.240 e. The van der Waals surface area contributed by atoms with Crippen LogP contribution in [0.25, 0.3) is 11.3 Å². The molecular weight excluding hydrogens is 306 g/mol. The molecule has 2 aromatic rings. The van der Waals surface area contributed by atoms with Crippen LogP contribution < -0.4 is 4.72 Å². The first-order valence-corrected chi connectivity index (χ1v) is 9.22. The van der Waals surface area contributed by atoms with Crippen molar-refractivity contribution in [2.45, 2.75) is 19.4 Å². The van der Waals surface area contributed by atoms with Gasteiger partial charge in [-0.25, -0.2) is 4.98 Å². The van der Waals surface area contributed by atoms with Gasteiger partial charge in [0.25, 0.3) is 10.2 Å². The first-order chi connectivity index (χ1) is 10.1. The molecule has 0 radical (unpaired) electrons. The van der Waals surface area contributed by atoms with Crippen molar-refractivity contribution in [1.29, 1.82) is 0 Å². The molecule has 2 heterocycles. The Balaban J connectivity index is 1.65. The van der Waals surface area contributed by atoms with E-state index in [2.05, 4.69) is 9.71 Å². The number of thiazole rings is 1. The molecule has 1 N–H and O–H groups in total. The van der Waals surface area contributed by atoms with Crippen LogP contribution in [0.5, 0.6) is 0 Å². The lowest BCUT2D eigenvalue weighted by Crippen LogP contribution is -2.38. The number of nitrogens with one attached hydrogen (secondary N) is 1. The van der Waals surface area contributed by atoms with E-state index < -0.39 is 10.2 Å². The Morgan fingerprint density at radius 2 is 1.90 bits per heavy atom. The lowest BCUT2D eigenvalue weighted by atomic mass is 10.2. The molecule has 21 heavy (non-hydrogen) atoms. The van der Waals surface area contributed by atoms with Crippen LogP contribution >= 0.6 is 11.3 Å². The Labute approximate surface area is 128 Å². The maximum atomic E-state index is 12.1. The van der Waals surface area contributed by atoms with Gasteiger partial charge in [0.15, 0.2) is 0 Å². The van der Waals surface area contributed by atoms with Crippen molar-refractivity contribution in [3.8, 4) is 11.3 Å². The van der Waals surface area contributed by atoms with Gasteiger partial charge in [0.05, 0.1) is 12.2 Å². The Kier molecular flexibility index (Phi) is 4.34. The van der Waals surface area contributed by atoms with Crippen molar-refractivity contribution in [2.24, 2.45) is 0 Å². The average Bonchev–Trinajstić information content (AvgIpc) is 3.18. The summed E-state index contributed by atoms with van der Waals surface area (Å²) in [7, 11) is -3.36. The number of aromatic nitrogens is 1. The molecule has 1 aliphatic heterocycles. The van der Waals surface area contributed by atoms with Gasteiger partial charge < -0.3 is 0 Å². The molecule has 1 saturated heterocycles. The van der Waals surface area contributed by atoms with Crippen LogP contribution in [0.3, 0.4) is 0 Å². The second-order valence-electron chi connectivity index (χ2n) is 4.92. The monoisotopic (exact) mass is 323 g/mol. The standard InChI is InChI=1S/C14H17N3O2S2/c18-21(19,17-8-4-5-9-17)15-10-14-16-13(11-20-14)12-6-2-1-3-7-12/h1-3,6-7,11,15H,4-5,8-10H2. The van der Waals surface area contributed by atoms with E-state index >= 15 is 0 Å². The zero-order chi connectivity index (χ0) is 14.7. The molecule has 0 atom stereocenters. The van der Waals surface area contributed by atoms with Crippen molar-refractivity contribution in [3.05, 3.63) is 40.7 Å². The molecule has 1 aromatic carbocycles. The summed E-state index contributed by atoms with van der Waals surface area (Å²) < 4.78 is 28.3. The highest BCUT2D eigenvalue weighted by molar-refractivity contribution is 7.87. The molecule has 0 aliphatic carbocycles. The van der Waals surface area contributed by atoms with E-state index in [4.69, 9.17) is 0 Å². The summed E-state index contributed by atoms with van der Waals surface area (Å²) in [5.74, 6) is 0. The minimum Gasteiger partial charge on any atom is -0.240 e. The third kappa shape index (κ3) is 3.49. The van der Waals surface area contributed by atoms with Gasteiger partial charge in [0.1, 0.15) is 5.01 Å². The molecule has 0 spiro atoms. The summed E-state index contributed by atoms with van der Waals surface area (Å²) in [5.41, 5.74) is 1.93. The summed E-state index contributed by atoms with van der Waals surface area (Å²) in [6, 6.07) is 9.87. The fraction of sp³-hybridized carbons (Fsp3) is 0.357. The number of hydrogen-bond acceptors (Lipinski definition) is 4. The highest BCUT2D eigenvalue weighted by Gasteiger charge is 2.24. The van der Waals surface area contributed by atoms with E-state index in [0.717, 1.165) is 29.1 Å². The highest BCUT2D eigenvalue weighted by Crippen LogP contribution is 2.21. The van der Waals surface area contributed by atoms with Gasteiger partial charge in [0.2, 0.25) is 0 Å². The van der Waals surface area contributed by atoms with E-state index in [-0.39, 0.29) is 6.54 Å². The predicted molar refractivity (Wildman–Crippen MR) is 84.1 cm³/mol. The molecule has 0 unspecified atom stereocenters. The van der Waals surface area contributed by atoms with Gasteiger partial charge in [-0.3, -0.25) is 0 Å². The summed E-state index contributed by atoms with van der Waals surface area (Å²) in [6.07, 6.45) is 1.88. The average molecular weight is 323 g/mol. The lowest BCUT2D eigenvalue weighted by Gasteiger charge is -2.15. The van der Waals surface area contributed by atoms with Gasteiger partial charge in [-0.15, -0.1) is 11.3 Å². The quantitative estimate of drug-likeness (QED) is 0.918. The Morgan fingerprint density at radius 3 is 2.62 bits per heavy atom. The van der Waals surface area contributed by atoms with E-state index in [1.54, 1.807) is 0 Å². The first-order valence-electron chi connectivity index (χ1n) is 6.90. The van der Waals surface area contributed by atoms with Gasteiger partial charge >= 0.3 is 0 Å². The van der Waals surface area contributed by atoms with Gasteiger partial charge in [-0.2, -0.15) is 17.4 Å². The van der Waals surface area contributed by atoms with Crippen LogP contribution in [0.2, 0.25) is 0 Å². The predicted octanol–water partition coefficient (Wildman–Crippen LogP) is 2.24. The molecule has 5 nitrogen and oxygen atoms in total. The van der Waals surface area contributed by atoms with Crippen LogP contribution in [-0.2, 0) is 16.8 Å². The molecular formula is C14H17N3O2S2. The zero-order valence-corrected chi connectivity index (χ0v) is 13.2. The van der Waals surface area contributed by atoms with E-state index in [0.29, 0.717) is 13.1 Å². The van der Waals surface area contributed by atoms with E-state index in [1.807, 2.05) is 35.7 Å². The fourth-order valence-electron chi connectivity index (χ4n) is 2.31. The normalized spacial score (nSPS) is 16.4. The molecule has 1 aliphatic rings. The van der Waals surface area contributed by atoms with Gasteiger partial charge in [0, 0.05) is 24.0 Å². The summed E-state index contributed by atoms with van der Waals surface area (Å²) in [4.78, 5) is 4.48. The third-order valence-corrected chi connectivity index (χ3v) is 5.83. The van der Waals surface area contributed by atoms with Crippen molar-refractivity contribution in [1.82, 2.24) is 14.0 Å². The molecule has 1 fully saturated rings. The maximum absolute atomic E-state index is 12.1. The number of benzene rings is 1. The van der Waals surface area contributed by atoms with Crippen LogP contribution in [0.1, 0.15) is 17.8 Å². The molecule has 3 rings (SSSR count). The van der Waals surface area contributed by atoms with Crippen molar-refractivity contribution in [3.63, 3.8) is 0 Å². The molecule has 7 heteroatoms. The van der Waals surface area contributed by atoms with Crippen molar-refractivity contribution < 1.29 is 8.42 Å². The number of nitrogens with zero attached hydrogens (tertiary/aromatic N) is 2. The third-order valence-electron chi connectivity index (χ3n) is 3.43. The second kappa shape index (κ2) is 6.23. The second-order valence-corrected chi connectivity index (χ2v) is 7.62. The largest absolute Gasteiger partial charge is 0.279 e. The van der Waals surface area contributed by atoms with Crippen molar-refractivity contribution >= 4 is 21.5 Å². The zero-order valence-electron chi connectivity index (χ0n) is 11.5. The topological polar surface area (TPSA) is 62.3 Å². The molecule has 1 aromatic heterocycles. The van der Waals surface area contributed by atoms with E-state index in [9.17, 15) is 8.42 Å². The summed E-state index contributed by atoms with van der Waals surface area (Å²) >= 11 is 1.47. The van der Waals surface area contributed by atoms with E-state index in [1.165, 1.54) is 15.6 Å². The molecule has 0 saturated carbocycles. The molecule has 112 valence electrons. The van der Waals surface area contributed by atoms with Crippen molar-refractivity contribution in [2.75, 3.05) is 13.1 Å². The Bertz CT molecular complexity index is 692. The van der Waals surface area contributed by atoms with Crippen LogP contribution in [0, 0.1) is 0 Å². The van der Waals surface area contributed by atoms with Gasteiger partial charge in [-0.05, 0) is 12.8 Å². The minimum absolute atomic E-state index is 0.246. The molecule has 0 amide bonds. The number of rotatable bonds is 5. The fourth-order valence-corrected chi connectivity index (χ4v) is 4.38. The van der Waals surface area contributed by atoms with Crippen LogP contribution in [-0.4, -0.2) is 30.8 Å². The highest BCUT2D eigenvalue weighted by atomic mass is 32.2. The summed E-state index contributed by atoms with van der Waals surface area (Å²) in [6.45, 7) is 1.47. The summed E-state index contributed by atoms with van der Waals surface area (Å²) in [5, 5.41) is 2.73. The van der Waals surface area contributed by atoms with Gasteiger partial charge in [-0.1, -0.05) is 30.3 Å². The SMILES string of the molecule is O=S(=O)(NCc1nc(-c2ccccc2)cs1)N1CCCC1. The maximum Gasteiger partial charge on any atom is 0.279 e. The lowest BCUT2D eigenvalue weighted by molar-refractivity contribution is 0.464. The Morgan fingerprint density at radius 1 is 1.19 bits per heavy atom. The minimum atomic E-state index is -3.36. The van der Waals surface area contributed by atoms with Crippen LogP contribution in [0.15, 0.2) is 35.7 Å². The van der Waals surface area contributed by atoms with Crippen LogP contribution in [0.4, 0.5) is 0 Å².